The Labute approximate surface area is 247 Å². The molecule has 3 saturated heterocycles. The van der Waals surface area contributed by atoms with Crippen LogP contribution in [0.1, 0.15) is 42.5 Å². The van der Waals surface area contributed by atoms with E-state index in [-0.39, 0.29) is 52.2 Å². The molecule has 1 aliphatic carbocycles. The van der Waals surface area contributed by atoms with Crippen LogP contribution in [0.5, 0.6) is 28.7 Å². The number of aliphatic hydroxyl groups excluding tert-OH is 2. The topological polar surface area (TPSA) is 161 Å². The number of aliphatic hydroxyl groups is 2. The second-order valence-corrected chi connectivity index (χ2v) is 10.3. The second-order valence-electron chi connectivity index (χ2n) is 10.3. The smallest absolute Gasteiger partial charge is 0.310 e. The molecule has 2 aromatic carbocycles. The maximum Gasteiger partial charge on any atom is 0.310 e. The fourth-order valence-electron chi connectivity index (χ4n) is 6.02. The number of fused-ring (bicyclic) bond motifs is 4. The minimum atomic E-state index is -2.75. The van der Waals surface area contributed by atoms with Gasteiger partial charge in [-0.1, -0.05) is 0 Å². The van der Waals surface area contributed by atoms with Crippen molar-refractivity contribution in [3.05, 3.63) is 41.0 Å². The number of cyclic esters (lactones) is 1. The second kappa shape index (κ2) is 10.4. The molecule has 0 saturated carbocycles. The van der Waals surface area contributed by atoms with Crippen LogP contribution in [-0.2, 0) is 28.5 Å². The largest absolute Gasteiger partial charge is 0.502 e. The number of hydrogen-bond acceptors (Lipinski definition) is 13. The van der Waals surface area contributed by atoms with Crippen LogP contribution in [0.3, 0.4) is 0 Å². The van der Waals surface area contributed by atoms with Crippen LogP contribution in [0.2, 0.25) is 0 Å². The summed E-state index contributed by atoms with van der Waals surface area (Å²) in [7, 11) is 2.58. The van der Waals surface area contributed by atoms with E-state index in [1.807, 2.05) is 0 Å². The molecular weight excluding hydrogens is 556 g/mol. The van der Waals surface area contributed by atoms with Gasteiger partial charge >= 0.3 is 5.97 Å². The van der Waals surface area contributed by atoms with Gasteiger partial charge in [0.1, 0.15) is 24.4 Å². The highest BCUT2D eigenvalue weighted by Gasteiger charge is 2.56. The average Bonchev–Trinajstić information content (AvgIpc) is 3.57. The monoisotopic (exact) mass is 593 g/mol. The first-order valence-electron chi connectivity index (χ1n) is 15.7. The molecule has 10 atom stereocenters. The van der Waals surface area contributed by atoms with Crippen molar-refractivity contribution in [2.24, 2.45) is 11.8 Å². The van der Waals surface area contributed by atoms with Crippen LogP contribution >= 0.6 is 0 Å². The lowest BCUT2D eigenvalue weighted by atomic mass is 9.66. The molecule has 13 heteroatoms. The van der Waals surface area contributed by atoms with Crippen molar-refractivity contribution in [3.63, 3.8) is 0 Å². The van der Waals surface area contributed by atoms with Gasteiger partial charge in [0.05, 0.1) is 44.8 Å². The Morgan fingerprint density at radius 2 is 1.64 bits per heavy atom. The molecular formula is C29H32O13. The third-order valence-corrected chi connectivity index (χ3v) is 8.00. The molecule has 13 nitrogen and oxygen atoms in total. The summed E-state index contributed by atoms with van der Waals surface area (Å²) in [6, 6.07) is 5.57. The maximum absolute atomic E-state index is 13.7. The zero-order valence-corrected chi connectivity index (χ0v) is 22.6. The summed E-state index contributed by atoms with van der Waals surface area (Å²) in [6.45, 7) is -3.98. The number of carbonyl (C=O) groups excluding carboxylic acids is 1. The number of aromatic hydroxyl groups is 1. The predicted molar refractivity (Wildman–Crippen MR) is 138 cm³/mol. The lowest BCUT2D eigenvalue weighted by Gasteiger charge is -2.47. The molecule has 42 heavy (non-hydrogen) atoms. The number of hydrogen-bond donors (Lipinski definition) is 3. The fourth-order valence-corrected chi connectivity index (χ4v) is 6.02. The van der Waals surface area contributed by atoms with E-state index in [2.05, 4.69) is 0 Å². The highest BCUT2D eigenvalue weighted by Crippen LogP contribution is 2.57. The van der Waals surface area contributed by atoms with E-state index in [1.165, 1.54) is 45.4 Å². The lowest BCUT2D eigenvalue weighted by Crippen LogP contribution is -2.63. The molecule has 3 fully saturated rings. The molecule has 4 heterocycles. The van der Waals surface area contributed by atoms with E-state index in [0.717, 1.165) is 0 Å². The van der Waals surface area contributed by atoms with Crippen LogP contribution < -0.4 is 18.9 Å². The van der Waals surface area contributed by atoms with Crippen molar-refractivity contribution in [1.29, 1.82) is 0 Å². The van der Waals surface area contributed by atoms with Crippen molar-refractivity contribution in [2.45, 2.75) is 55.9 Å². The number of ether oxygens (including phenoxy) is 9. The van der Waals surface area contributed by atoms with Crippen LogP contribution in [0, 0.1) is 11.8 Å². The zero-order chi connectivity index (χ0) is 33.8. The Balaban J connectivity index is 1.40. The van der Waals surface area contributed by atoms with Gasteiger partial charge in [-0.05, 0) is 47.9 Å². The number of carbonyl (C=O) groups is 1. The molecule has 226 valence electrons. The molecule has 0 amide bonds. The molecule has 2 aromatic rings. The van der Waals surface area contributed by atoms with Crippen molar-refractivity contribution in [3.8, 4) is 28.7 Å². The summed E-state index contributed by atoms with van der Waals surface area (Å²) in [5, 5.41) is 32.8. The van der Waals surface area contributed by atoms with Gasteiger partial charge < -0.3 is 58.0 Å². The van der Waals surface area contributed by atoms with Gasteiger partial charge in [-0.2, -0.15) is 0 Å². The standard InChI is InChI=1S/C29H32O13/c1-11-36-9-20-27(40-11)24(31)25(32)29(41-20)42-26-14-7-17-16(38-10-39-17)6-13(14)21(22-15(26)8-37-28(22)33)12-4-18(34-2)23(30)19(5-12)35-3/h4-7,11,15,20-22,24-27,29-32H,8-10H2,1-3H3/t11-,15+,20-,21-,22+,24-,25-,26-,27-,29+/m1/s1/i8D2,9D2,21D. The molecule has 3 N–H and O–H groups in total. The van der Waals surface area contributed by atoms with E-state index < -0.39 is 79.9 Å². The van der Waals surface area contributed by atoms with Gasteiger partial charge in [0, 0.05) is 13.2 Å². The summed E-state index contributed by atoms with van der Waals surface area (Å²) < 4.78 is 94.2. The number of methoxy groups -OCH3 is 2. The molecule has 0 unspecified atom stereocenters. The summed E-state index contributed by atoms with van der Waals surface area (Å²) in [5.74, 6) is -6.54. The van der Waals surface area contributed by atoms with Gasteiger partial charge in [0.2, 0.25) is 12.5 Å². The molecule has 0 aromatic heterocycles. The van der Waals surface area contributed by atoms with Gasteiger partial charge in [-0.3, -0.25) is 4.79 Å². The lowest BCUT2D eigenvalue weighted by molar-refractivity contribution is -0.364. The summed E-state index contributed by atoms with van der Waals surface area (Å²) in [6.07, 6.45) is -10.9. The normalized spacial score (nSPS) is 42.4. The van der Waals surface area contributed by atoms with Crippen molar-refractivity contribution in [2.75, 3.05) is 34.1 Å². The number of rotatable bonds is 5. The molecule has 0 bridgehead atoms. The van der Waals surface area contributed by atoms with Crippen molar-refractivity contribution >= 4 is 5.97 Å². The van der Waals surface area contributed by atoms with Gasteiger partial charge in [0.25, 0.3) is 0 Å². The van der Waals surface area contributed by atoms with Gasteiger partial charge in [-0.15, -0.1) is 0 Å². The number of esters is 1. The molecule has 0 spiro atoms. The average molecular weight is 594 g/mol. The van der Waals surface area contributed by atoms with Crippen LogP contribution in [0.4, 0.5) is 0 Å². The van der Waals surface area contributed by atoms with Crippen LogP contribution in [0.25, 0.3) is 0 Å². The van der Waals surface area contributed by atoms with E-state index >= 15 is 0 Å². The first-order chi connectivity index (χ1) is 22.1. The maximum atomic E-state index is 13.7. The Morgan fingerprint density at radius 1 is 0.952 bits per heavy atom. The van der Waals surface area contributed by atoms with E-state index in [4.69, 9.17) is 48.1 Å². The summed E-state index contributed by atoms with van der Waals surface area (Å²) in [5.41, 5.74) is 0.284. The van der Waals surface area contributed by atoms with Crippen LogP contribution in [0.15, 0.2) is 24.3 Å². The number of phenols is 1. The minimum absolute atomic E-state index is 0.0678. The third-order valence-electron chi connectivity index (χ3n) is 8.00. The van der Waals surface area contributed by atoms with E-state index in [1.54, 1.807) is 0 Å². The van der Waals surface area contributed by atoms with Crippen molar-refractivity contribution < 1.29 is 69.6 Å². The van der Waals surface area contributed by atoms with Gasteiger partial charge in [-0.25, -0.2) is 0 Å². The Hall–Kier alpha value is -3.33. The highest BCUT2D eigenvalue weighted by atomic mass is 16.8. The third kappa shape index (κ3) is 4.26. The Bertz CT molecular complexity index is 1580. The van der Waals surface area contributed by atoms with Crippen LogP contribution in [-0.4, -0.2) is 92.4 Å². The zero-order valence-electron chi connectivity index (χ0n) is 27.6. The van der Waals surface area contributed by atoms with Crippen molar-refractivity contribution in [1.82, 2.24) is 0 Å². The number of benzene rings is 2. The highest BCUT2D eigenvalue weighted by molar-refractivity contribution is 5.79. The SMILES string of the molecule is [2H]C1([2H])OC(=O)[C@H]2[C@H]1[C@H](O[C@@H]1O[C@H]3[C@@H](O[C@H](C)OC3([2H])[2H])[C@H](O)[C@H]1O)c1cc3c(cc1[C@@]2([2H])c1cc(OC)c(O)c(OC)c1)OCO3. The quantitative estimate of drug-likeness (QED) is 0.427. The van der Waals surface area contributed by atoms with E-state index in [9.17, 15) is 21.5 Å². The Morgan fingerprint density at radius 3 is 2.33 bits per heavy atom. The molecule has 4 aliphatic heterocycles. The fraction of sp³-hybridized carbons (Fsp3) is 0.552. The number of phenolic OH excluding ortho intramolecular Hbond substituents is 1. The molecule has 0 radical (unpaired) electrons. The first-order valence-corrected chi connectivity index (χ1v) is 13.2. The van der Waals surface area contributed by atoms with E-state index in [0.29, 0.717) is 0 Å². The minimum Gasteiger partial charge on any atom is -0.502 e. The van der Waals surface area contributed by atoms with Gasteiger partial charge in [0.15, 0.2) is 35.6 Å². The molecule has 5 aliphatic rings. The summed E-state index contributed by atoms with van der Waals surface area (Å²) in [4.78, 5) is 13.7. The first kappa shape index (κ1) is 22.2. The predicted octanol–water partition coefficient (Wildman–Crippen LogP) is 1.34. The Kier molecular flexibility index (Phi) is 5.53. The summed E-state index contributed by atoms with van der Waals surface area (Å²) >= 11 is 0. The molecule has 7 rings (SSSR count).